The van der Waals surface area contributed by atoms with Crippen LogP contribution in [-0.4, -0.2) is 41.6 Å². The normalized spacial score (nSPS) is 15.9. The van der Waals surface area contributed by atoms with Gasteiger partial charge in [-0.25, -0.2) is 0 Å². The summed E-state index contributed by atoms with van der Waals surface area (Å²) in [6, 6.07) is 10.2. The molecule has 0 saturated carbocycles. The second-order valence-electron chi connectivity index (χ2n) is 9.84. The van der Waals surface area contributed by atoms with E-state index >= 15 is 0 Å². The van der Waals surface area contributed by atoms with Crippen LogP contribution in [0.4, 0.5) is 26.3 Å². The SMILES string of the molecule is NCCCn1cc(-c2ccc(OC(F)(F)F)cc2CN)c2cc(CN3CCC(CC(F)(F)F)CC3)ccc21. The second kappa shape index (κ2) is 11.5. The quantitative estimate of drug-likeness (QED) is 0.317. The number of piperidine rings is 1. The summed E-state index contributed by atoms with van der Waals surface area (Å²) in [5.41, 5.74) is 15.7. The van der Waals surface area contributed by atoms with Gasteiger partial charge in [0.05, 0.1) is 0 Å². The topological polar surface area (TPSA) is 69.4 Å². The summed E-state index contributed by atoms with van der Waals surface area (Å²) >= 11 is 0. The molecule has 3 aromatic rings. The molecule has 1 aliphatic rings. The third-order valence-corrected chi connectivity index (χ3v) is 7.00. The van der Waals surface area contributed by atoms with Crippen molar-refractivity contribution >= 4 is 10.9 Å². The lowest BCUT2D eigenvalue weighted by molar-refractivity contribution is -0.274. The number of rotatable bonds is 9. The van der Waals surface area contributed by atoms with Gasteiger partial charge in [-0.1, -0.05) is 12.1 Å². The zero-order valence-corrected chi connectivity index (χ0v) is 20.9. The second-order valence-corrected chi connectivity index (χ2v) is 9.84. The number of aromatic nitrogens is 1. The molecule has 1 saturated heterocycles. The third kappa shape index (κ3) is 7.21. The van der Waals surface area contributed by atoms with Gasteiger partial charge in [0.15, 0.2) is 0 Å². The molecule has 4 N–H and O–H groups in total. The van der Waals surface area contributed by atoms with Crippen molar-refractivity contribution in [2.45, 2.75) is 57.9 Å². The van der Waals surface area contributed by atoms with Crippen molar-refractivity contribution in [1.82, 2.24) is 9.47 Å². The minimum absolute atomic E-state index is 0.0203. The zero-order chi connectivity index (χ0) is 27.5. The van der Waals surface area contributed by atoms with E-state index in [1.807, 2.05) is 24.4 Å². The number of likely N-dealkylation sites (tertiary alicyclic amines) is 1. The van der Waals surface area contributed by atoms with Crippen molar-refractivity contribution in [3.05, 3.63) is 53.7 Å². The fourth-order valence-corrected chi connectivity index (χ4v) is 5.24. The van der Waals surface area contributed by atoms with Gasteiger partial charge in [-0.3, -0.25) is 4.90 Å². The fourth-order valence-electron chi connectivity index (χ4n) is 5.24. The van der Waals surface area contributed by atoms with Crippen LogP contribution < -0.4 is 16.2 Å². The number of halogens is 6. The number of benzene rings is 2. The van der Waals surface area contributed by atoms with E-state index in [0.717, 1.165) is 28.5 Å². The number of nitrogens with zero attached hydrogens (tertiary/aromatic N) is 2. The van der Waals surface area contributed by atoms with Crippen molar-refractivity contribution < 1.29 is 31.1 Å². The molecule has 11 heteroatoms. The average molecular weight is 543 g/mol. The number of nitrogens with two attached hydrogens (primary N) is 2. The first kappa shape index (κ1) is 28.3. The molecule has 0 aliphatic carbocycles. The van der Waals surface area contributed by atoms with E-state index in [9.17, 15) is 26.3 Å². The molecule has 1 aliphatic heterocycles. The molecule has 0 atom stereocenters. The summed E-state index contributed by atoms with van der Waals surface area (Å²) in [6.07, 6.45) is -5.94. The Bertz CT molecular complexity index is 1230. The van der Waals surface area contributed by atoms with Crippen LogP contribution in [0.25, 0.3) is 22.0 Å². The van der Waals surface area contributed by atoms with Gasteiger partial charge in [0, 0.05) is 48.7 Å². The maximum absolute atomic E-state index is 12.8. The minimum atomic E-state index is -4.80. The molecule has 1 aromatic heterocycles. The van der Waals surface area contributed by atoms with Gasteiger partial charge in [0.1, 0.15) is 5.75 Å². The van der Waals surface area contributed by atoms with Crippen LogP contribution in [0.2, 0.25) is 0 Å². The first-order valence-electron chi connectivity index (χ1n) is 12.7. The predicted octanol–water partition coefficient (Wildman–Crippen LogP) is 6.18. The molecular weight excluding hydrogens is 510 g/mol. The summed E-state index contributed by atoms with van der Waals surface area (Å²) in [7, 11) is 0. The molecule has 2 aromatic carbocycles. The number of alkyl halides is 6. The highest BCUT2D eigenvalue weighted by Crippen LogP contribution is 2.37. The Morgan fingerprint density at radius 1 is 0.921 bits per heavy atom. The largest absolute Gasteiger partial charge is 0.573 e. The number of hydrogen-bond acceptors (Lipinski definition) is 4. The minimum Gasteiger partial charge on any atom is -0.406 e. The standard InChI is InChI=1S/C27H32F6N4O/c28-26(29,30)14-18-6-10-36(11-7-18)16-19-2-5-25-23(12-19)24(17-37(25)9-1-8-34)22-4-3-21(13-20(22)15-35)38-27(31,32)33/h2-5,12-13,17-18H,1,6-11,14-16,34-35H2. The highest BCUT2D eigenvalue weighted by atomic mass is 19.4. The lowest BCUT2D eigenvalue weighted by atomic mass is 9.93. The average Bonchev–Trinajstić information content (AvgIpc) is 3.19. The van der Waals surface area contributed by atoms with E-state index in [0.29, 0.717) is 56.7 Å². The molecule has 0 spiro atoms. The fraction of sp³-hybridized carbons (Fsp3) is 0.481. The first-order valence-corrected chi connectivity index (χ1v) is 12.7. The van der Waals surface area contributed by atoms with E-state index in [4.69, 9.17) is 11.5 Å². The summed E-state index contributed by atoms with van der Waals surface area (Å²) in [5.74, 6) is -0.668. The van der Waals surface area contributed by atoms with Crippen molar-refractivity contribution in [2.24, 2.45) is 17.4 Å². The summed E-state index contributed by atoms with van der Waals surface area (Å²) < 4.78 is 82.6. The summed E-state index contributed by atoms with van der Waals surface area (Å²) in [6.45, 7) is 3.00. The Hall–Kier alpha value is -2.76. The zero-order valence-electron chi connectivity index (χ0n) is 20.9. The molecule has 1 fully saturated rings. The van der Waals surface area contributed by atoms with Crippen LogP contribution in [0.1, 0.15) is 36.8 Å². The van der Waals surface area contributed by atoms with Gasteiger partial charge < -0.3 is 20.8 Å². The van der Waals surface area contributed by atoms with Gasteiger partial charge in [-0.2, -0.15) is 13.2 Å². The number of aryl methyl sites for hydroxylation is 1. The third-order valence-electron chi connectivity index (χ3n) is 7.00. The maximum Gasteiger partial charge on any atom is 0.573 e. The van der Waals surface area contributed by atoms with Crippen LogP contribution in [0, 0.1) is 5.92 Å². The van der Waals surface area contributed by atoms with Crippen molar-refractivity contribution in [1.29, 1.82) is 0 Å². The van der Waals surface area contributed by atoms with Gasteiger partial charge in [0.25, 0.3) is 0 Å². The molecule has 0 unspecified atom stereocenters. The Balaban J connectivity index is 1.62. The van der Waals surface area contributed by atoms with E-state index in [2.05, 4.69) is 14.2 Å². The molecule has 0 bridgehead atoms. The maximum atomic E-state index is 12.8. The predicted molar refractivity (Wildman–Crippen MR) is 134 cm³/mol. The van der Waals surface area contributed by atoms with Crippen molar-refractivity contribution in [3.63, 3.8) is 0 Å². The van der Waals surface area contributed by atoms with Crippen LogP contribution in [0.5, 0.6) is 5.75 Å². The van der Waals surface area contributed by atoms with E-state index in [1.54, 1.807) is 6.07 Å². The lowest BCUT2D eigenvalue weighted by Crippen LogP contribution is -2.34. The van der Waals surface area contributed by atoms with E-state index in [1.165, 1.54) is 12.1 Å². The molecule has 4 rings (SSSR count). The van der Waals surface area contributed by atoms with Crippen LogP contribution in [0.15, 0.2) is 42.6 Å². The molecule has 0 amide bonds. The van der Waals surface area contributed by atoms with Crippen LogP contribution in [-0.2, 0) is 19.6 Å². The molecule has 5 nitrogen and oxygen atoms in total. The van der Waals surface area contributed by atoms with Crippen molar-refractivity contribution in [3.8, 4) is 16.9 Å². The molecule has 38 heavy (non-hydrogen) atoms. The molecular formula is C27H32F6N4O. The smallest absolute Gasteiger partial charge is 0.406 e. The van der Waals surface area contributed by atoms with Gasteiger partial charge >= 0.3 is 12.5 Å². The van der Waals surface area contributed by atoms with Gasteiger partial charge in [-0.15, -0.1) is 13.2 Å². The Morgan fingerprint density at radius 3 is 2.29 bits per heavy atom. The Morgan fingerprint density at radius 2 is 1.66 bits per heavy atom. The molecule has 2 heterocycles. The Labute approximate surface area is 217 Å². The van der Waals surface area contributed by atoms with Crippen LogP contribution in [0.3, 0.4) is 0 Å². The highest BCUT2D eigenvalue weighted by Gasteiger charge is 2.33. The number of hydrogen-bond donors (Lipinski definition) is 2. The van der Waals surface area contributed by atoms with Crippen molar-refractivity contribution in [2.75, 3.05) is 19.6 Å². The van der Waals surface area contributed by atoms with Gasteiger partial charge in [-0.05, 0) is 85.8 Å². The Kier molecular flexibility index (Phi) is 8.59. The van der Waals surface area contributed by atoms with Gasteiger partial charge in [0.2, 0.25) is 0 Å². The number of ether oxygens (including phenoxy) is 1. The van der Waals surface area contributed by atoms with Crippen LogP contribution >= 0.6 is 0 Å². The molecule has 0 radical (unpaired) electrons. The highest BCUT2D eigenvalue weighted by molar-refractivity contribution is 5.97. The first-order chi connectivity index (χ1) is 18.0. The summed E-state index contributed by atoms with van der Waals surface area (Å²) in [5, 5.41) is 0.922. The monoisotopic (exact) mass is 542 g/mol. The lowest BCUT2D eigenvalue weighted by Gasteiger charge is -2.32. The molecule has 208 valence electrons. The van der Waals surface area contributed by atoms with E-state index in [-0.39, 0.29) is 18.2 Å². The number of fused-ring (bicyclic) bond motifs is 1. The summed E-state index contributed by atoms with van der Waals surface area (Å²) in [4.78, 5) is 2.16. The van der Waals surface area contributed by atoms with E-state index < -0.39 is 19.0 Å².